The van der Waals surface area contributed by atoms with Crippen molar-refractivity contribution < 1.29 is 14.3 Å². The van der Waals surface area contributed by atoms with Crippen molar-refractivity contribution in [2.45, 2.75) is 40.5 Å². The van der Waals surface area contributed by atoms with Gasteiger partial charge in [-0.1, -0.05) is 29.8 Å². The second-order valence-electron chi connectivity index (χ2n) is 6.48. The molecule has 5 nitrogen and oxygen atoms in total. The summed E-state index contributed by atoms with van der Waals surface area (Å²) in [5.74, 6) is 0.0660. The average molecular weight is 439 g/mol. The van der Waals surface area contributed by atoms with Crippen molar-refractivity contribution in [2.75, 3.05) is 11.9 Å². The lowest BCUT2D eigenvalue weighted by Crippen LogP contribution is -2.22. The number of primary amides is 1. The van der Waals surface area contributed by atoms with E-state index in [1.165, 1.54) is 11.3 Å². The summed E-state index contributed by atoms with van der Waals surface area (Å²) in [4.78, 5) is 24.9. The fourth-order valence-electron chi connectivity index (χ4n) is 2.56. The molecule has 0 fully saturated rings. The monoisotopic (exact) mass is 438 g/mol. The Labute approximate surface area is 166 Å². The minimum absolute atomic E-state index is 0.144. The lowest BCUT2D eigenvalue weighted by atomic mass is 10.0. The van der Waals surface area contributed by atoms with Crippen LogP contribution < -0.4 is 15.8 Å². The summed E-state index contributed by atoms with van der Waals surface area (Å²) >= 11 is 4.86. The van der Waals surface area contributed by atoms with Gasteiger partial charge in [0.15, 0.2) is 6.61 Å². The number of aryl methyl sites for hydroxylation is 2. The summed E-state index contributed by atoms with van der Waals surface area (Å²) in [6.45, 7) is 9.67. The number of nitrogens with two attached hydrogens (primary N) is 1. The van der Waals surface area contributed by atoms with Crippen LogP contribution in [-0.4, -0.2) is 18.4 Å². The number of nitrogens with one attached hydrogen (secondary N) is 1. The van der Waals surface area contributed by atoms with Gasteiger partial charge in [-0.2, -0.15) is 0 Å². The third kappa shape index (κ3) is 4.45. The van der Waals surface area contributed by atoms with Gasteiger partial charge in [-0.05, 0) is 55.5 Å². The van der Waals surface area contributed by atoms with Gasteiger partial charge in [0, 0.05) is 9.35 Å². The Kier molecular flexibility index (Phi) is 6.47. The summed E-state index contributed by atoms with van der Waals surface area (Å²) in [5.41, 5.74) is 8.65. The van der Waals surface area contributed by atoms with Gasteiger partial charge in [-0.15, -0.1) is 11.3 Å². The molecule has 2 amide bonds. The molecule has 26 heavy (non-hydrogen) atoms. The Bertz CT molecular complexity index is 859. The van der Waals surface area contributed by atoms with E-state index in [-0.39, 0.29) is 18.4 Å². The van der Waals surface area contributed by atoms with Gasteiger partial charge >= 0.3 is 0 Å². The van der Waals surface area contributed by atoms with Crippen molar-refractivity contribution in [1.29, 1.82) is 0 Å². The van der Waals surface area contributed by atoms with E-state index in [1.54, 1.807) is 0 Å². The Balaban J connectivity index is 2.15. The molecule has 2 rings (SSSR count). The minimum Gasteiger partial charge on any atom is -0.483 e. The number of hydrogen-bond acceptors (Lipinski definition) is 4. The Morgan fingerprint density at radius 1 is 1.27 bits per heavy atom. The largest absolute Gasteiger partial charge is 0.483 e. The Morgan fingerprint density at radius 3 is 2.50 bits per heavy atom. The number of thiophene rings is 1. The molecule has 3 N–H and O–H groups in total. The normalized spacial score (nSPS) is 10.9. The van der Waals surface area contributed by atoms with Gasteiger partial charge in [0.05, 0.1) is 5.56 Å². The van der Waals surface area contributed by atoms with Crippen molar-refractivity contribution in [3.05, 3.63) is 43.7 Å². The molecule has 0 saturated heterocycles. The van der Waals surface area contributed by atoms with Crippen LogP contribution in [0.2, 0.25) is 0 Å². The number of carbonyl (C=O) groups is 2. The Morgan fingerprint density at radius 2 is 1.92 bits per heavy atom. The zero-order valence-electron chi connectivity index (χ0n) is 15.5. The number of benzene rings is 1. The highest BCUT2D eigenvalue weighted by atomic mass is 79.9. The maximum atomic E-state index is 12.3. The van der Waals surface area contributed by atoms with Crippen LogP contribution >= 0.6 is 27.3 Å². The Hall–Kier alpha value is -1.86. The molecule has 1 heterocycles. The number of ether oxygens (including phenoxy) is 1. The second kappa shape index (κ2) is 8.22. The topological polar surface area (TPSA) is 81.4 Å². The summed E-state index contributed by atoms with van der Waals surface area (Å²) in [7, 11) is 0. The first-order valence-corrected chi connectivity index (χ1v) is 9.85. The average Bonchev–Trinajstić information content (AvgIpc) is 2.82. The number of hydrogen-bond donors (Lipinski definition) is 2. The third-order valence-electron chi connectivity index (χ3n) is 4.16. The van der Waals surface area contributed by atoms with E-state index in [4.69, 9.17) is 10.5 Å². The predicted molar refractivity (Wildman–Crippen MR) is 109 cm³/mol. The van der Waals surface area contributed by atoms with Crippen LogP contribution in [0.3, 0.4) is 0 Å². The highest BCUT2D eigenvalue weighted by Crippen LogP contribution is 2.33. The molecule has 2 aromatic rings. The highest BCUT2D eigenvalue weighted by molar-refractivity contribution is 9.10. The van der Waals surface area contributed by atoms with Crippen LogP contribution in [0.1, 0.15) is 51.7 Å². The fourth-order valence-corrected chi connectivity index (χ4v) is 4.01. The molecule has 0 bridgehead atoms. The molecule has 0 aliphatic rings. The van der Waals surface area contributed by atoms with Gasteiger partial charge < -0.3 is 15.8 Å². The summed E-state index contributed by atoms with van der Waals surface area (Å²) < 4.78 is 6.77. The van der Waals surface area contributed by atoms with E-state index in [2.05, 4.69) is 35.1 Å². The number of anilines is 1. The smallest absolute Gasteiger partial charge is 0.262 e. The van der Waals surface area contributed by atoms with E-state index in [1.807, 2.05) is 32.9 Å². The first-order chi connectivity index (χ1) is 12.1. The van der Waals surface area contributed by atoms with Gasteiger partial charge in [0.1, 0.15) is 10.8 Å². The highest BCUT2D eigenvalue weighted by Gasteiger charge is 2.19. The van der Waals surface area contributed by atoms with Gasteiger partial charge in [0.2, 0.25) is 0 Å². The zero-order valence-corrected chi connectivity index (χ0v) is 17.9. The third-order valence-corrected chi connectivity index (χ3v) is 6.13. The van der Waals surface area contributed by atoms with E-state index in [0.29, 0.717) is 16.3 Å². The van der Waals surface area contributed by atoms with Crippen molar-refractivity contribution in [3.63, 3.8) is 0 Å². The molecule has 0 radical (unpaired) electrons. The molecule has 0 aliphatic heterocycles. The first kappa shape index (κ1) is 20.5. The number of rotatable bonds is 6. The molecule has 0 atom stereocenters. The van der Waals surface area contributed by atoms with Crippen molar-refractivity contribution in [1.82, 2.24) is 0 Å². The molecule has 1 aromatic carbocycles. The standard InChI is InChI=1S/C19H23BrN2O3S/c1-9(2)13-7-14(20)10(3)6-15(13)25-8-16(23)22-19-17(18(21)24)11(4)12(5)26-19/h6-7,9H,8H2,1-5H3,(H2,21,24)(H,22,23). The van der Waals surface area contributed by atoms with E-state index in [9.17, 15) is 9.59 Å². The van der Waals surface area contributed by atoms with Crippen LogP contribution in [-0.2, 0) is 4.79 Å². The van der Waals surface area contributed by atoms with Crippen molar-refractivity contribution in [2.24, 2.45) is 5.73 Å². The van der Waals surface area contributed by atoms with Crippen LogP contribution in [0.4, 0.5) is 5.00 Å². The molecular weight excluding hydrogens is 416 g/mol. The quantitative estimate of drug-likeness (QED) is 0.686. The molecule has 140 valence electrons. The predicted octanol–water partition coefficient (Wildman–Crippen LogP) is 4.68. The maximum absolute atomic E-state index is 12.3. The zero-order chi connectivity index (χ0) is 19.6. The lowest BCUT2D eigenvalue weighted by Gasteiger charge is -2.16. The molecule has 0 aliphatic carbocycles. The SMILES string of the molecule is Cc1cc(OCC(=O)Nc2sc(C)c(C)c2C(N)=O)c(C(C)C)cc1Br. The van der Waals surface area contributed by atoms with Crippen LogP contribution in [0, 0.1) is 20.8 Å². The molecule has 1 aromatic heterocycles. The van der Waals surface area contributed by atoms with Gasteiger partial charge in [0.25, 0.3) is 11.8 Å². The minimum atomic E-state index is -0.548. The van der Waals surface area contributed by atoms with E-state index in [0.717, 1.165) is 26.0 Å². The molecule has 0 unspecified atom stereocenters. The molecule has 0 spiro atoms. The van der Waals surface area contributed by atoms with Crippen LogP contribution in [0.5, 0.6) is 5.75 Å². The van der Waals surface area contributed by atoms with Crippen LogP contribution in [0.25, 0.3) is 0 Å². The number of carbonyl (C=O) groups excluding carboxylic acids is 2. The van der Waals surface area contributed by atoms with Crippen LogP contribution in [0.15, 0.2) is 16.6 Å². The number of halogens is 1. The maximum Gasteiger partial charge on any atom is 0.262 e. The molecule has 7 heteroatoms. The number of amides is 2. The summed E-state index contributed by atoms with van der Waals surface area (Å²) in [6, 6.07) is 3.94. The van der Waals surface area contributed by atoms with E-state index < -0.39 is 5.91 Å². The first-order valence-electron chi connectivity index (χ1n) is 8.24. The van der Waals surface area contributed by atoms with Gasteiger partial charge in [-0.25, -0.2) is 0 Å². The van der Waals surface area contributed by atoms with Crippen molar-refractivity contribution >= 4 is 44.1 Å². The second-order valence-corrected chi connectivity index (χ2v) is 8.56. The summed E-state index contributed by atoms with van der Waals surface area (Å²) in [5, 5.41) is 3.21. The molecule has 0 saturated carbocycles. The fraction of sp³-hybridized carbons (Fsp3) is 0.368. The van der Waals surface area contributed by atoms with E-state index >= 15 is 0 Å². The summed E-state index contributed by atoms with van der Waals surface area (Å²) in [6.07, 6.45) is 0. The van der Waals surface area contributed by atoms with Crippen molar-refractivity contribution in [3.8, 4) is 5.75 Å². The molecular formula is C19H23BrN2O3S. The lowest BCUT2D eigenvalue weighted by molar-refractivity contribution is -0.118. The van der Waals surface area contributed by atoms with Gasteiger partial charge in [-0.3, -0.25) is 9.59 Å².